The Morgan fingerprint density at radius 3 is 1.57 bits per heavy atom. The first-order valence-electron chi connectivity index (χ1n) is 21.7. The summed E-state index contributed by atoms with van der Waals surface area (Å²) in [7, 11) is 11.4. The molecule has 0 saturated carbocycles. The molecule has 0 radical (unpaired) electrons. The molecule has 4 rings (SSSR count). The fourth-order valence-corrected chi connectivity index (χ4v) is 10.2. The third-order valence-electron chi connectivity index (χ3n) is 13.7. The Balaban J connectivity index is 1.29. The fourth-order valence-electron chi connectivity index (χ4n) is 10.2. The summed E-state index contributed by atoms with van der Waals surface area (Å²) in [5, 5.41) is 33.4. The van der Waals surface area contributed by atoms with Crippen LogP contribution in [-0.2, 0) is 66.3 Å². The maximum atomic E-state index is 11.5. The van der Waals surface area contributed by atoms with E-state index in [1.165, 1.54) is 7.11 Å². The lowest BCUT2D eigenvalue weighted by Gasteiger charge is -2.51. The summed E-state index contributed by atoms with van der Waals surface area (Å²) in [4.78, 5) is 0. The minimum Gasteiger partial charge on any atom is -0.394 e. The molecule has 4 heterocycles. The number of hydrogen-bond acceptors (Lipinski definition) is 17. The zero-order valence-corrected chi connectivity index (χ0v) is 38.3. The number of aliphatic hydroxyl groups excluding tert-OH is 3. The van der Waals surface area contributed by atoms with Crippen LogP contribution in [-0.4, -0.2) is 217 Å². The lowest BCUT2D eigenvalue weighted by Crippen LogP contribution is -2.60. The molecule has 0 aromatic rings. The molecule has 60 heavy (non-hydrogen) atoms. The predicted molar refractivity (Wildman–Crippen MR) is 218 cm³/mol. The van der Waals surface area contributed by atoms with Gasteiger partial charge >= 0.3 is 0 Å². The molecular formula is C43H80O17. The van der Waals surface area contributed by atoms with Crippen LogP contribution >= 0.6 is 0 Å². The van der Waals surface area contributed by atoms with Gasteiger partial charge in [0.05, 0.1) is 121 Å². The molecule has 354 valence electrons. The van der Waals surface area contributed by atoms with E-state index in [-0.39, 0.29) is 105 Å². The van der Waals surface area contributed by atoms with Crippen LogP contribution in [0.5, 0.6) is 0 Å². The van der Waals surface area contributed by atoms with Crippen LogP contribution in [0.2, 0.25) is 0 Å². The molecule has 17 heteroatoms. The van der Waals surface area contributed by atoms with Crippen LogP contribution in [0.4, 0.5) is 0 Å². The normalized spacial score (nSPS) is 42.4. The molecule has 0 spiro atoms. The van der Waals surface area contributed by atoms with Crippen molar-refractivity contribution in [3.05, 3.63) is 0 Å². The van der Waals surface area contributed by atoms with Gasteiger partial charge in [-0.05, 0) is 19.3 Å². The van der Waals surface area contributed by atoms with Crippen molar-refractivity contribution in [2.75, 3.05) is 116 Å². The van der Waals surface area contributed by atoms with Crippen LogP contribution in [0.1, 0.15) is 41.0 Å². The van der Waals surface area contributed by atoms with Gasteiger partial charge in [0, 0.05) is 78.9 Å². The Morgan fingerprint density at radius 1 is 0.483 bits per heavy atom. The average Bonchev–Trinajstić information content (AvgIpc) is 3.22. The highest BCUT2D eigenvalue weighted by Crippen LogP contribution is 2.43. The van der Waals surface area contributed by atoms with Gasteiger partial charge in [-0.3, -0.25) is 0 Å². The molecule has 4 aliphatic rings. The summed E-state index contributed by atoms with van der Waals surface area (Å²) >= 11 is 0. The van der Waals surface area contributed by atoms with E-state index >= 15 is 0 Å². The van der Waals surface area contributed by atoms with E-state index in [1.54, 1.807) is 42.7 Å². The van der Waals surface area contributed by atoms with Crippen molar-refractivity contribution in [3.8, 4) is 0 Å². The molecule has 0 aliphatic carbocycles. The van der Waals surface area contributed by atoms with Gasteiger partial charge in [-0.2, -0.15) is 0 Å². The van der Waals surface area contributed by atoms with Crippen LogP contribution in [0.15, 0.2) is 0 Å². The number of ether oxygens (including phenoxy) is 14. The van der Waals surface area contributed by atoms with Crippen LogP contribution in [0.25, 0.3) is 0 Å². The van der Waals surface area contributed by atoms with E-state index in [2.05, 4.69) is 27.7 Å². The SMILES string of the molecule is CCC1C(COC)OC(COCC2C(C)OC(COCC3C(CO)OC(COCC4C(COC)OC(COC)C(OC)C4C)C(OC)C3O)C(O)C2OC)C(C)(C)C1OC. The summed E-state index contributed by atoms with van der Waals surface area (Å²) in [6.45, 7) is 12.4. The van der Waals surface area contributed by atoms with Crippen LogP contribution in [0.3, 0.4) is 0 Å². The molecule has 0 bridgehead atoms. The Labute approximate surface area is 358 Å². The molecular weight excluding hydrogens is 788 g/mol. The molecule has 0 aromatic heterocycles. The van der Waals surface area contributed by atoms with Gasteiger partial charge in [-0.1, -0.05) is 27.7 Å². The van der Waals surface area contributed by atoms with E-state index in [9.17, 15) is 15.3 Å². The van der Waals surface area contributed by atoms with Crippen molar-refractivity contribution < 1.29 is 81.6 Å². The fraction of sp³-hybridized carbons (Fsp3) is 1.00. The number of methoxy groups -OCH3 is 7. The highest BCUT2D eigenvalue weighted by Gasteiger charge is 2.52. The largest absolute Gasteiger partial charge is 0.394 e. The Bertz CT molecular complexity index is 1180. The summed E-state index contributed by atoms with van der Waals surface area (Å²) < 4.78 is 83.9. The minimum absolute atomic E-state index is 0.0181. The number of hydrogen-bond donors (Lipinski definition) is 3. The van der Waals surface area contributed by atoms with E-state index in [4.69, 9.17) is 66.3 Å². The van der Waals surface area contributed by atoms with Crippen molar-refractivity contribution in [1.82, 2.24) is 0 Å². The second-order valence-corrected chi connectivity index (χ2v) is 17.6. The van der Waals surface area contributed by atoms with Gasteiger partial charge in [-0.25, -0.2) is 0 Å². The minimum atomic E-state index is -1.04. The van der Waals surface area contributed by atoms with Crippen molar-refractivity contribution in [2.45, 2.75) is 126 Å². The zero-order valence-electron chi connectivity index (χ0n) is 38.3. The molecule has 4 aliphatic heterocycles. The Hall–Kier alpha value is -0.680. The lowest BCUT2D eigenvalue weighted by molar-refractivity contribution is -0.252. The van der Waals surface area contributed by atoms with Gasteiger partial charge in [-0.15, -0.1) is 0 Å². The Morgan fingerprint density at radius 2 is 1.00 bits per heavy atom. The first kappa shape index (κ1) is 51.9. The molecule has 19 atom stereocenters. The van der Waals surface area contributed by atoms with Crippen molar-refractivity contribution in [1.29, 1.82) is 0 Å². The quantitative estimate of drug-likeness (QED) is 0.126. The van der Waals surface area contributed by atoms with Gasteiger partial charge in [0.15, 0.2) is 0 Å². The smallest absolute Gasteiger partial charge is 0.112 e. The highest BCUT2D eigenvalue weighted by atomic mass is 16.6. The van der Waals surface area contributed by atoms with Crippen molar-refractivity contribution >= 4 is 0 Å². The topological polar surface area (TPSA) is 190 Å². The number of rotatable bonds is 24. The average molecular weight is 869 g/mol. The predicted octanol–water partition coefficient (Wildman–Crippen LogP) is 1.38. The van der Waals surface area contributed by atoms with Crippen molar-refractivity contribution in [3.63, 3.8) is 0 Å². The van der Waals surface area contributed by atoms with E-state index in [1.807, 2.05) is 6.92 Å². The molecule has 0 aromatic carbocycles. The van der Waals surface area contributed by atoms with Crippen molar-refractivity contribution in [2.24, 2.45) is 35.0 Å². The molecule has 4 saturated heterocycles. The summed E-state index contributed by atoms with van der Waals surface area (Å²) in [6.07, 6.45) is -6.05. The summed E-state index contributed by atoms with van der Waals surface area (Å²) in [5.74, 6) is -0.695. The van der Waals surface area contributed by atoms with Gasteiger partial charge in [0.25, 0.3) is 0 Å². The standard InChI is InChI=1S/C43H80O17/c1-13-26-31(18-47-6)60-36(43(4,5)42(26)53-12)23-56-16-28-25(3)57-33(38(46)40(28)51-10)21-55-17-29-30(14-44)58-35(41(52-11)37(29)45)22-54-15-27-24(2)39(50-9)34(20-49-8)59-32(27)19-48-7/h24-42,44-46H,13-23H2,1-12H3. The summed E-state index contributed by atoms with van der Waals surface area (Å²) in [6, 6.07) is 0. The monoisotopic (exact) mass is 869 g/mol. The second-order valence-electron chi connectivity index (χ2n) is 17.6. The molecule has 17 nitrogen and oxygen atoms in total. The molecule has 19 unspecified atom stereocenters. The summed E-state index contributed by atoms with van der Waals surface area (Å²) in [5.41, 5.74) is -0.317. The third-order valence-corrected chi connectivity index (χ3v) is 13.7. The zero-order chi connectivity index (χ0) is 44.1. The van der Waals surface area contributed by atoms with Gasteiger partial charge in [0.2, 0.25) is 0 Å². The highest BCUT2D eigenvalue weighted by molar-refractivity contribution is 4.99. The first-order valence-corrected chi connectivity index (χ1v) is 21.7. The van der Waals surface area contributed by atoms with E-state index in [0.29, 0.717) is 33.0 Å². The second kappa shape index (κ2) is 25.1. The molecule has 3 N–H and O–H groups in total. The maximum absolute atomic E-state index is 11.5. The molecule has 0 amide bonds. The van der Waals surface area contributed by atoms with Gasteiger partial charge < -0.3 is 81.6 Å². The van der Waals surface area contributed by atoms with Crippen LogP contribution in [0, 0.1) is 35.0 Å². The third kappa shape index (κ3) is 12.2. The molecule has 4 fully saturated rings. The van der Waals surface area contributed by atoms with Crippen LogP contribution < -0.4 is 0 Å². The maximum Gasteiger partial charge on any atom is 0.112 e. The van der Waals surface area contributed by atoms with E-state index < -0.39 is 48.6 Å². The van der Waals surface area contributed by atoms with Gasteiger partial charge in [0.1, 0.15) is 30.5 Å². The lowest BCUT2D eigenvalue weighted by atomic mass is 9.70. The number of aliphatic hydroxyl groups is 3. The Kier molecular flexibility index (Phi) is 21.8. The first-order chi connectivity index (χ1) is 28.8. The van der Waals surface area contributed by atoms with E-state index in [0.717, 1.165) is 6.42 Å².